The van der Waals surface area contributed by atoms with Crippen molar-refractivity contribution in [1.29, 1.82) is 0 Å². The minimum Gasteiger partial charge on any atom is -0.481 e. The third kappa shape index (κ3) is 15.4. The summed E-state index contributed by atoms with van der Waals surface area (Å²) in [5, 5.41) is 17.4. The minimum atomic E-state index is -1.07. The Morgan fingerprint density at radius 3 is 1.95 bits per heavy atom. The predicted molar refractivity (Wildman–Crippen MR) is 79.7 cm³/mol. The van der Waals surface area contributed by atoms with Gasteiger partial charge in [-0.3, -0.25) is 9.59 Å². The van der Waals surface area contributed by atoms with E-state index in [2.05, 4.69) is 6.92 Å². The maximum atomic E-state index is 10.8. The molecule has 0 spiro atoms. The molecule has 0 fully saturated rings. The van der Waals surface area contributed by atoms with E-state index < -0.39 is 17.9 Å². The summed E-state index contributed by atoms with van der Waals surface area (Å²) in [5.41, 5.74) is 0. The van der Waals surface area contributed by atoms with Crippen LogP contribution in [0.1, 0.15) is 71.1 Å². The molecule has 0 aliphatic heterocycles. The van der Waals surface area contributed by atoms with Crippen molar-refractivity contribution in [3.05, 3.63) is 12.2 Å². The van der Waals surface area contributed by atoms with Gasteiger partial charge in [-0.1, -0.05) is 64.0 Å². The fourth-order valence-corrected chi connectivity index (χ4v) is 2.08. The molecule has 1 atom stereocenters. The van der Waals surface area contributed by atoms with Gasteiger partial charge < -0.3 is 10.2 Å². The molecule has 0 aromatic carbocycles. The fourth-order valence-electron chi connectivity index (χ4n) is 2.08. The first kappa shape index (κ1) is 22.5. The van der Waals surface area contributed by atoms with E-state index in [1.807, 2.05) is 0 Å². The monoisotopic (exact) mass is 342 g/mol. The summed E-state index contributed by atoms with van der Waals surface area (Å²) in [6.07, 6.45) is 13.7. The number of unbranched alkanes of at least 4 members (excludes halogenated alkanes) is 8. The quantitative estimate of drug-likeness (QED) is 0.298. The zero-order valence-corrected chi connectivity index (χ0v) is 13.8. The summed E-state index contributed by atoms with van der Waals surface area (Å²) < 4.78 is 0. The first-order valence-electron chi connectivity index (χ1n) is 7.69. The van der Waals surface area contributed by atoms with Crippen LogP contribution < -0.4 is 0 Å². The third-order valence-electron chi connectivity index (χ3n) is 3.30. The molecule has 0 rings (SSSR count). The maximum absolute atomic E-state index is 10.8. The van der Waals surface area contributed by atoms with Gasteiger partial charge in [-0.25, -0.2) is 0 Å². The topological polar surface area (TPSA) is 74.6 Å². The summed E-state index contributed by atoms with van der Waals surface area (Å²) in [4.78, 5) is 21.3. The molecule has 4 nitrogen and oxygen atoms in total. The number of hydrogen-bond donors (Lipinski definition) is 2. The van der Waals surface area contributed by atoms with Crippen molar-refractivity contribution in [1.82, 2.24) is 0 Å². The molecule has 21 heavy (non-hydrogen) atoms. The number of rotatable bonds is 13. The number of carboxylic acid groups (broad SMARTS) is 2. The SMILES string of the molecule is CCCCCCCCCCC=CC(CC(=O)O)C(=O)O.[Ni]. The van der Waals surface area contributed by atoms with E-state index in [0.717, 1.165) is 19.3 Å². The van der Waals surface area contributed by atoms with Crippen LogP contribution in [0.3, 0.4) is 0 Å². The average Bonchev–Trinajstić information content (AvgIpc) is 2.39. The first-order chi connectivity index (χ1) is 9.57. The molecule has 0 radical (unpaired) electrons. The molecule has 0 aliphatic carbocycles. The molecular formula is C16H28NiO4. The van der Waals surface area contributed by atoms with Gasteiger partial charge in [0.2, 0.25) is 0 Å². The summed E-state index contributed by atoms with van der Waals surface area (Å²) in [7, 11) is 0. The van der Waals surface area contributed by atoms with Crippen LogP contribution in [0.25, 0.3) is 0 Å². The number of carbonyl (C=O) groups is 2. The molecule has 5 heteroatoms. The minimum absolute atomic E-state index is 0. The Morgan fingerprint density at radius 2 is 1.48 bits per heavy atom. The van der Waals surface area contributed by atoms with Crippen LogP contribution >= 0.6 is 0 Å². The second kappa shape index (κ2) is 15.6. The summed E-state index contributed by atoms with van der Waals surface area (Å²) in [6, 6.07) is 0. The Labute approximate surface area is 137 Å². The molecule has 0 aliphatic rings. The molecule has 1 unspecified atom stereocenters. The molecule has 2 N–H and O–H groups in total. The number of carboxylic acids is 2. The Kier molecular flexibility index (Phi) is 16.6. The Hall–Kier alpha value is -0.826. The second-order valence-corrected chi connectivity index (χ2v) is 5.23. The van der Waals surface area contributed by atoms with E-state index in [9.17, 15) is 9.59 Å². The van der Waals surface area contributed by atoms with Gasteiger partial charge in [0.05, 0.1) is 12.3 Å². The summed E-state index contributed by atoms with van der Waals surface area (Å²) in [5.74, 6) is -3.05. The van der Waals surface area contributed by atoms with Crippen LogP contribution in [0.15, 0.2) is 12.2 Å². The number of allylic oxidation sites excluding steroid dienone is 1. The van der Waals surface area contributed by atoms with E-state index >= 15 is 0 Å². The van der Waals surface area contributed by atoms with Crippen molar-refractivity contribution in [3.8, 4) is 0 Å². The Balaban J connectivity index is 0. The van der Waals surface area contributed by atoms with E-state index in [4.69, 9.17) is 10.2 Å². The van der Waals surface area contributed by atoms with Gasteiger partial charge in [0.1, 0.15) is 0 Å². The van der Waals surface area contributed by atoms with E-state index in [0.29, 0.717) is 0 Å². The Bertz CT molecular complexity index is 303. The van der Waals surface area contributed by atoms with Crippen molar-refractivity contribution < 1.29 is 36.3 Å². The Morgan fingerprint density at radius 1 is 0.952 bits per heavy atom. The normalized spacial score (nSPS) is 12.0. The number of hydrogen-bond acceptors (Lipinski definition) is 2. The van der Waals surface area contributed by atoms with Crippen molar-refractivity contribution in [2.24, 2.45) is 5.92 Å². The van der Waals surface area contributed by atoms with Gasteiger partial charge in [-0.2, -0.15) is 0 Å². The average molecular weight is 343 g/mol. The van der Waals surface area contributed by atoms with Gasteiger partial charge in [-0.15, -0.1) is 0 Å². The van der Waals surface area contributed by atoms with Crippen LogP contribution in [0.4, 0.5) is 0 Å². The van der Waals surface area contributed by atoms with Gasteiger partial charge in [0, 0.05) is 16.5 Å². The maximum Gasteiger partial charge on any atom is 0.310 e. The molecule has 0 bridgehead atoms. The van der Waals surface area contributed by atoms with Crippen LogP contribution in [0.5, 0.6) is 0 Å². The molecule has 126 valence electrons. The van der Waals surface area contributed by atoms with Crippen molar-refractivity contribution in [2.45, 2.75) is 71.1 Å². The zero-order chi connectivity index (χ0) is 15.2. The second-order valence-electron chi connectivity index (χ2n) is 5.23. The number of aliphatic carboxylic acids is 2. The van der Waals surface area contributed by atoms with E-state index in [-0.39, 0.29) is 22.9 Å². The van der Waals surface area contributed by atoms with Crippen LogP contribution in [0, 0.1) is 5.92 Å². The molecule has 0 heterocycles. The molecular weight excluding hydrogens is 315 g/mol. The van der Waals surface area contributed by atoms with Gasteiger partial charge >= 0.3 is 11.9 Å². The predicted octanol–water partition coefficient (Wildman–Crippen LogP) is 4.25. The third-order valence-corrected chi connectivity index (χ3v) is 3.30. The molecule has 0 amide bonds. The molecule has 0 aromatic rings. The molecule has 0 saturated heterocycles. The standard InChI is InChI=1S/C16H28O4.Ni/c1-2-3-4-5-6-7-8-9-10-11-12-14(16(19)20)13-15(17)18;/h11-12,14H,2-10,13H2,1H3,(H,17,18)(H,19,20);. The van der Waals surface area contributed by atoms with E-state index in [1.54, 1.807) is 6.08 Å². The van der Waals surface area contributed by atoms with Gasteiger partial charge in [0.15, 0.2) is 0 Å². The van der Waals surface area contributed by atoms with Crippen molar-refractivity contribution in [2.75, 3.05) is 0 Å². The largest absolute Gasteiger partial charge is 0.481 e. The van der Waals surface area contributed by atoms with Gasteiger partial charge in [-0.05, 0) is 12.8 Å². The fraction of sp³-hybridized carbons (Fsp3) is 0.750. The van der Waals surface area contributed by atoms with Crippen molar-refractivity contribution >= 4 is 11.9 Å². The van der Waals surface area contributed by atoms with Crippen LogP contribution in [-0.2, 0) is 26.1 Å². The smallest absolute Gasteiger partial charge is 0.310 e. The summed E-state index contributed by atoms with van der Waals surface area (Å²) in [6.45, 7) is 2.21. The zero-order valence-electron chi connectivity index (χ0n) is 12.8. The van der Waals surface area contributed by atoms with Gasteiger partial charge in [0.25, 0.3) is 0 Å². The van der Waals surface area contributed by atoms with Crippen LogP contribution in [0.2, 0.25) is 0 Å². The van der Waals surface area contributed by atoms with Crippen molar-refractivity contribution in [3.63, 3.8) is 0 Å². The molecule has 0 aromatic heterocycles. The molecule has 0 saturated carbocycles. The first-order valence-corrected chi connectivity index (χ1v) is 7.69. The van der Waals surface area contributed by atoms with Crippen LogP contribution in [-0.4, -0.2) is 22.2 Å². The van der Waals surface area contributed by atoms with E-state index in [1.165, 1.54) is 44.6 Å². The summed E-state index contributed by atoms with van der Waals surface area (Å²) >= 11 is 0.